The molecule has 0 saturated heterocycles. The minimum Gasteiger partial charge on any atom is -0.461 e. The van der Waals surface area contributed by atoms with Crippen LogP contribution in [0.4, 0.5) is 0 Å². The van der Waals surface area contributed by atoms with Crippen molar-refractivity contribution in [3.8, 4) is 0 Å². The van der Waals surface area contributed by atoms with Crippen LogP contribution < -0.4 is 5.14 Å². The Balaban J connectivity index is 2.90. The van der Waals surface area contributed by atoms with Gasteiger partial charge in [0.15, 0.2) is 5.69 Å². The van der Waals surface area contributed by atoms with Crippen molar-refractivity contribution in [1.82, 2.24) is 10.2 Å². The summed E-state index contributed by atoms with van der Waals surface area (Å²) in [4.78, 5) is 11.7. The van der Waals surface area contributed by atoms with Gasteiger partial charge in [0.2, 0.25) is 10.0 Å². The summed E-state index contributed by atoms with van der Waals surface area (Å²) in [5, 5.41) is 11.5. The third kappa shape index (κ3) is 4.82. The van der Waals surface area contributed by atoms with Crippen molar-refractivity contribution in [2.45, 2.75) is 51.3 Å². The van der Waals surface area contributed by atoms with Crippen LogP contribution in [-0.2, 0) is 14.8 Å². The number of hydrogen-bond acceptors (Lipinski definition) is 5. The van der Waals surface area contributed by atoms with Gasteiger partial charge >= 0.3 is 5.97 Å². The highest BCUT2D eigenvalue weighted by atomic mass is 32.2. The van der Waals surface area contributed by atoms with Gasteiger partial charge in [-0.3, -0.25) is 5.10 Å². The number of rotatable bonds is 7. The molecule has 1 heterocycles. The molecule has 8 heteroatoms. The second-order valence-corrected chi connectivity index (χ2v) is 7.18. The van der Waals surface area contributed by atoms with Crippen LogP contribution in [0.15, 0.2) is 4.90 Å². The van der Waals surface area contributed by atoms with Crippen LogP contribution in [0.25, 0.3) is 0 Å². The maximum Gasteiger partial charge on any atom is 0.360 e. The zero-order valence-electron chi connectivity index (χ0n) is 12.8. The van der Waals surface area contributed by atoms with E-state index in [1.807, 2.05) is 0 Å². The molecule has 0 radical (unpaired) electrons. The monoisotopic (exact) mass is 317 g/mol. The molecular formula is C13H23N3O4S. The standard InChI is InChI=1S/C13H23N3O4S/c1-8(2)6-5-7-20-13(17)11-12(21(14,18)19)10(9(3)4)15-16-11/h8-9H,5-7H2,1-4H3,(H,15,16)(H2,14,18,19). The number of esters is 1. The van der Waals surface area contributed by atoms with Crippen molar-refractivity contribution < 1.29 is 17.9 Å². The Labute approximate surface area is 125 Å². The Bertz CT molecular complexity index is 591. The molecule has 0 bridgehead atoms. The second kappa shape index (κ2) is 7.04. The topological polar surface area (TPSA) is 115 Å². The lowest BCUT2D eigenvalue weighted by Gasteiger charge is -2.07. The van der Waals surface area contributed by atoms with E-state index in [9.17, 15) is 13.2 Å². The smallest absolute Gasteiger partial charge is 0.360 e. The molecule has 0 aliphatic carbocycles. The highest BCUT2D eigenvalue weighted by Gasteiger charge is 2.29. The summed E-state index contributed by atoms with van der Waals surface area (Å²) in [6, 6.07) is 0. The fourth-order valence-electron chi connectivity index (χ4n) is 1.89. The summed E-state index contributed by atoms with van der Waals surface area (Å²) >= 11 is 0. The molecule has 0 spiro atoms. The van der Waals surface area contributed by atoms with E-state index in [1.54, 1.807) is 13.8 Å². The number of H-pyrrole nitrogens is 1. The number of nitrogens with one attached hydrogen (secondary N) is 1. The Morgan fingerprint density at radius 2 is 1.95 bits per heavy atom. The third-order valence-electron chi connectivity index (χ3n) is 2.96. The third-order valence-corrected chi connectivity index (χ3v) is 3.94. The van der Waals surface area contributed by atoms with Crippen molar-refractivity contribution in [2.75, 3.05) is 6.61 Å². The molecule has 1 rings (SSSR count). The van der Waals surface area contributed by atoms with Crippen molar-refractivity contribution in [2.24, 2.45) is 11.1 Å². The lowest BCUT2D eigenvalue weighted by Crippen LogP contribution is -2.19. The summed E-state index contributed by atoms with van der Waals surface area (Å²) < 4.78 is 28.4. The zero-order valence-corrected chi connectivity index (χ0v) is 13.7. The van der Waals surface area contributed by atoms with E-state index >= 15 is 0 Å². The lowest BCUT2D eigenvalue weighted by atomic mass is 10.1. The van der Waals surface area contributed by atoms with Gasteiger partial charge in [0.05, 0.1) is 12.3 Å². The molecule has 0 unspecified atom stereocenters. The van der Waals surface area contributed by atoms with E-state index < -0.39 is 16.0 Å². The van der Waals surface area contributed by atoms with Crippen molar-refractivity contribution in [3.05, 3.63) is 11.4 Å². The van der Waals surface area contributed by atoms with Gasteiger partial charge in [0.25, 0.3) is 0 Å². The minimum absolute atomic E-state index is 0.159. The van der Waals surface area contributed by atoms with Crippen LogP contribution >= 0.6 is 0 Å². The SMILES string of the molecule is CC(C)CCCOC(=O)c1n[nH]c(C(C)C)c1S(N)(=O)=O. The molecule has 0 fully saturated rings. The van der Waals surface area contributed by atoms with E-state index in [4.69, 9.17) is 9.88 Å². The van der Waals surface area contributed by atoms with E-state index in [-0.39, 0.29) is 23.1 Å². The Hall–Kier alpha value is -1.41. The number of carbonyl (C=O) groups excluding carboxylic acids is 1. The highest BCUT2D eigenvalue weighted by molar-refractivity contribution is 7.89. The lowest BCUT2D eigenvalue weighted by molar-refractivity contribution is 0.0483. The fourth-order valence-corrected chi connectivity index (χ4v) is 2.87. The molecule has 7 nitrogen and oxygen atoms in total. The minimum atomic E-state index is -4.05. The summed E-state index contributed by atoms with van der Waals surface area (Å²) in [5.41, 5.74) is 0.0392. The predicted octanol–water partition coefficient (Wildman–Crippen LogP) is 1.77. The van der Waals surface area contributed by atoms with Gasteiger partial charge in [-0.1, -0.05) is 27.7 Å². The Kier molecular flexibility index (Phi) is 5.91. The number of primary sulfonamides is 1. The van der Waals surface area contributed by atoms with Gasteiger partial charge in [-0.15, -0.1) is 0 Å². The zero-order chi connectivity index (χ0) is 16.2. The quantitative estimate of drug-likeness (QED) is 0.587. The first-order valence-corrected chi connectivity index (χ1v) is 8.47. The highest BCUT2D eigenvalue weighted by Crippen LogP contribution is 2.24. The molecule has 0 saturated carbocycles. The van der Waals surface area contributed by atoms with Crippen LogP contribution in [0.2, 0.25) is 0 Å². The molecule has 0 aromatic carbocycles. The van der Waals surface area contributed by atoms with Crippen molar-refractivity contribution in [3.63, 3.8) is 0 Å². The predicted molar refractivity (Wildman–Crippen MR) is 78.4 cm³/mol. The molecule has 21 heavy (non-hydrogen) atoms. The average Bonchev–Trinajstić information content (AvgIpc) is 2.78. The van der Waals surface area contributed by atoms with E-state index in [1.165, 1.54) is 0 Å². The van der Waals surface area contributed by atoms with Crippen LogP contribution in [0, 0.1) is 5.92 Å². The molecule has 3 N–H and O–H groups in total. The summed E-state index contributed by atoms with van der Waals surface area (Å²) in [6.45, 7) is 7.93. The maximum absolute atomic E-state index is 12.0. The van der Waals surface area contributed by atoms with E-state index in [2.05, 4.69) is 24.0 Å². The number of nitrogens with two attached hydrogens (primary N) is 1. The molecule has 0 amide bonds. The van der Waals surface area contributed by atoms with Gasteiger partial charge in [-0.25, -0.2) is 18.4 Å². The first-order valence-electron chi connectivity index (χ1n) is 6.92. The number of aromatic nitrogens is 2. The van der Waals surface area contributed by atoms with Gasteiger partial charge in [-0.05, 0) is 24.7 Å². The fraction of sp³-hybridized carbons (Fsp3) is 0.692. The first kappa shape index (κ1) is 17.6. The summed E-state index contributed by atoms with van der Waals surface area (Å²) in [6.07, 6.45) is 1.64. The van der Waals surface area contributed by atoms with Crippen molar-refractivity contribution in [1.29, 1.82) is 0 Å². The number of ether oxygens (including phenoxy) is 1. The molecule has 120 valence electrons. The van der Waals surface area contributed by atoms with Gasteiger partial charge in [0.1, 0.15) is 4.90 Å². The van der Waals surface area contributed by atoms with Crippen LogP contribution in [0.1, 0.15) is 62.6 Å². The van der Waals surface area contributed by atoms with Gasteiger partial charge < -0.3 is 4.74 Å². The van der Waals surface area contributed by atoms with Crippen LogP contribution in [-0.4, -0.2) is 31.2 Å². The average molecular weight is 317 g/mol. The van der Waals surface area contributed by atoms with E-state index in [0.29, 0.717) is 11.6 Å². The summed E-state index contributed by atoms with van der Waals surface area (Å²) in [5.74, 6) is -0.416. The van der Waals surface area contributed by atoms with Crippen LogP contribution in [0.3, 0.4) is 0 Å². The molecular weight excluding hydrogens is 294 g/mol. The largest absolute Gasteiger partial charge is 0.461 e. The first-order chi connectivity index (χ1) is 9.64. The molecule has 0 atom stereocenters. The van der Waals surface area contributed by atoms with Crippen molar-refractivity contribution >= 4 is 16.0 Å². The number of hydrogen-bond donors (Lipinski definition) is 2. The van der Waals surface area contributed by atoms with Crippen LogP contribution in [0.5, 0.6) is 0 Å². The molecule has 0 aliphatic heterocycles. The molecule has 1 aromatic heterocycles. The van der Waals surface area contributed by atoms with Gasteiger partial charge in [-0.2, -0.15) is 5.10 Å². The second-order valence-electron chi connectivity index (χ2n) is 5.69. The normalized spacial score (nSPS) is 12.1. The maximum atomic E-state index is 12.0. The summed E-state index contributed by atoms with van der Waals surface area (Å²) in [7, 11) is -4.05. The number of carbonyl (C=O) groups is 1. The van der Waals surface area contributed by atoms with E-state index in [0.717, 1.165) is 12.8 Å². The number of nitrogens with zero attached hydrogens (tertiary/aromatic N) is 1. The molecule has 0 aliphatic rings. The van der Waals surface area contributed by atoms with Gasteiger partial charge in [0, 0.05) is 0 Å². The number of sulfonamides is 1. The Morgan fingerprint density at radius 1 is 1.33 bits per heavy atom. The number of aromatic amines is 1. The molecule has 1 aromatic rings. The Morgan fingerprint density at radius 3 is 2.43 bits per heavy atom.